The molecule has 0 atom stereocenters. The summed E-state index contributed by atoms with van der Waals surface area (Å²) >= 11 is 0. The molecule has 0 unspecified atom stereocenters. The first kappa shape index (κ1) is 13.5. The molecule has 1 heterocycles. The minimum absolute atomic E-state index is 0.0674. The van der Waals surface area contributed by atoms with Crippen molar-refractivity contribution in [2.45, 2.75) is 39.2 Å². The lowest BCUT2D eigenvalue weighted by Crippen LogP contribution is -2.54. The first-order valence-electron chi connectivity index (χ1n) is 6.04. The molecule has 4 heteroatoms. The zero-order valence-electron chi connectivity index (χ0n) is 10.6. The second-order valence-corrected chi connectivity index (χ2v) is 4.86. The van der Waals surface area contributed by atoms with Crippen molar-refractivity contribution in [1.29, 1.82) is 0 Å². The zero-order chi connectivity index (χ0) is 12.0. The molecule has 0 aromatic rings. The van der Waals surface area contributed by atoms with Gasteiger partial charge in [-0.25, -0.2) is 0 Å². The summed E-state index contributed by atoms with van der Waals surface area (Å²) in [6, 6.07) is 0. The van der Waals surface area contributed by atoms with Crippen LogP contribution in [0.3, 0.4) is 0 Å². The molecule has 0 N–H and O–H groups in total. The quantitative estimate of drug-likeness (QED) is 0.528. The summed E-state index contributed by atoms with van der Waals surface area (Å²) in [6.45, 7) is 9.35. The summed E-state index contributed by atoms with van der Waals surface area (Å²) in [7, 11) is 0. The molecule has 0 aromatic carbocycles. The van der Waals surface area contributed by atoms with Crippen LogP contribution in [-0.4, -0.2) is 49.3 Å². The van der Waals surface area contributed by atoms with Crippen molar-refractivity contribution in [2.24, 2.45) is 0 Å². The van der Waals surface area contributed by atoms with Crippen LogP contribution >= 0.6 is 0 Å². The maximum absolute atomic E-state index is 11.6. The van der Waals surface area contributed by atoms with Gasteiger partial charge in [-0.1, -0.05) is 13.3 Å². The van der Waals surface area contributed by atoms with Crippen molar-refractivity contribution < 1.29 is 14.3 Å². The Morgan fingerprint density at radius 3 is 2.88 bits per heavy atom. The lowest BCUT2D eigenvalue weighted by molar-refractivity contribution is -0.149. The van der Waals surface area contributed by atoms with Crippen LogP contribution in [0.5, 0.6) is 0 Å². The van der Waals surface area contributed by atoms with E-state index in [2.05, 4.69) is 25.7 Å². The van der Waals surface area contributed by atoms with Gasteiger partial charge in [0.1, 0.15) is 0 Å². The Bertz CT molecular complexity index is 228. The highest BCUT2D eigenvalue weighted by Gasteiger charge is 2.31. The van der Waals surface area contributed by atoms with Crippen molar-refractivity contribution in [3.05, 3.63) is 0 Å². The second kappa shape index (κ2) is 6.21. The first-order valence-corrected chi connectivity index (χ1v) is 6.04. The Morgan fingerprint density at radius 2 is 2.25 bits per heavy atom. The van der Waals surface area contributed by atoms with Gasteiger partial charge < -0.3 is 9.47 Å². The molecule has 1 aliphatic rings. The molecular weight excluding hydrogens is 206 g/mol. The molecule has 16 heavy (non-hydrogen) atoms. The number of unbranched alkanes of at least 4 members (excludes halogenated alkanes) is 1. The van der Waals surface area contributed by atoms with Gasteiger partial charge in [0.05, 0.1) is 26.4 Å². The van der Waals surface area contributed by atoms with E-state index in [-0.39, 0.29) is 11.5 Å². The number of morpholine rings is 1. The summed E-state index contributed by atoms with van der Waals surface area (Å²) in [5.74, 6) is -0.122. The smallest absolute Gasteiger partial charge is 0.320 e. The Morgan fingerprint density at radius 1 is 1.50 bits per heavy atom. The van der Waals surface area contributed by atoms with E-state index in [1.54, 1.807) is 0 Å². The summed E-state index contributed by atoms with van der Waals surface area (Å²) in [6.07, 6.45) is 1.99. The molecule has 4 nitrogen and oxygen atoms in total. The fourth-order valence-electron chi connectivity index (χ4n) is 1.72. The highest BCUT2D eigenvalue weighted by Crippen LogP contribution is 2.18. The third-order valence-corrected chi connectivity index (χ3v) is 2.90. The predicted octanol–water partition coefficient (Wildman–Crippen LogP) is 1.44. The van der Waals surface area contributed by atoms with Gasteiger partial charge in [-0.05, 0) is 20.3 Å². The first-order chi connectivity index (χ1) is 7.56. The van der Waals surface area contributed by atoms with E-state index in [9.17, 15) is 4.79 Å². The van der Waals surface area contributed by atoms with Crippen molar-refractivity contribution >= 4 is 5.97 Å². The molecule has 0 bridgehead atoms. The topological polar surface area (TPSA) is 38.8 Å². The Kier molecular flexibility index (Phi) is 5.22. The van der Waals surface area contributed by atoms with E-state index >= 15 is 0 Å². The largest absolute Gasteiger partial charge is 0.465 e. The third kappa shape index (κ3) is 4.10. The molecule has 0 spiro atoms. The number of nitrogens with zero attached hydrogens (tertiary/aromatic N) is 1. The van der Waals surface area contributed by atoms with Gasteiger partial charge in [0, 0.05) is 12.1 Å². The monoisotopic (exact) mass is 229 g/mol. The maximum atomic E-state index is 11.6. The van der Waals surface area contributed by atoms with E-state index in [0.717, 1.165) is 19.4 Å². The minimum atomic E-state index is -0.122. The van der Waals surface area contributed by atoms with Gasteiger partial charge in [0.2, 0.25) is 0 Å². The molecule has 1 rings (SSSR count). The van der Waals surface area contributed by atoms with E-state index in [0.29, 0.717) is 26.4 Å². The zero-order valence-corrected chi connectivity index (χ0v) is 10.6. The highest BCUT2D eigenvalue weighted by molar-refractivity contribution is 5.71. The average molecular weight is 229 g/mol. The molecular formula is C12H23NO3. The van der Waals surface area contributed by atoms with E-state index in [4.69, 9.17) is 9.47 Å². The number of esters is 1. The molecule has 0 aromatic heterocycles. The molecule has 0 amide bonds. The van der Waals surface area contributed by atoms with Crippen LogP contribution in [0.25, 0.3) is 0 Å². The number of hydrogen-bond acceptors (Lipinski definition) is 4. The van der Waals surface area contributed by atoms with Crippen LogP contribution in [0.1, 0.15) is 33.6 Å². The Labute approximate surface area is 97.9 Å². The highest BCUT2D eigenvalue weighted by atomic mass is 16.5. The van der Waals surface area contributed by atoms with Crippen LogP contribution in [0.4, 0.5) is 0 Å². The normalized spacial score (nSPS) is 20.7. The molecule has 0 aliphatic carbocycles. The standard InChI is InChI=1S/C12H23NO3/c1-4-5-7-16-11(14)9-13-6-8-15-10-12(13,2)3/h4-10H2,1-3H3. The molecule has 94 valence electrons. The Balaban J connectivity index is 2.31. The van der Waals surface area contributed by atoms with Crippen LogP contribution in [0, 0.1) is 0 Å². The fourth-order valence-corrected chi connectivity index (χ4v) is 1.72. The summed E-state index contributed by atoms with van der Waals surface area (Å²) in [5, 5.41) is 0. The molecule has 1 fully saturated rings. The second-order valence-electron chi connectivity index (χ2n) is 4.86. The van der Waals surface area contributed by atoms with Crippen LogP contribution in [-0.2, 0) is 14.3 Å². The SMILES string of the molecule is CCCCOC(=O)CN1CCOCC1(C)C. The van der Waals surface area contributed by atoms with E-state index in [1.807, 2.05) is 0 Å². The number of hydrogen-bond donors (Lipinski definition) is 0. The van der Waals surface area contributed by atoms with Gasteiger partial charge >= 0.3 is 5.97 Å². The summed E-state index contributed by atoms with van der Waals surface area (Å²) < 4.78 is 10.6. The van der Waals surface area contributed by atoms with Gasteiger partial charge in [-0.2, -0.15) is 0 Å². The fraction of sp³-hybridized carbons (Fsp3) is 0.917. The summed E-state index contributed by atoms with van der Waals surface area (Å²) in [4.78, 5) is 13.7. The predicted molar refractivity (Wildman–Crippen MR) is 62.3 cm³/mol. The van der Waals surface area contributed by atoms with Gasteiger partial charge in [-0.15, -0.1) is 0 Å². The summed E-state index contributed by atoms with van der Waals surface area (Å²) in [5.41, 5.74) is -0.0674. The van der Waals surface area contributed by atoms with E-state index in [1.165, 1.54) is 0 Å². The maximum Gasteiger partial charge on any atom is 0.320 e. The van der Waals surface area contributed by atoms with Crippen molar-refractivity contribution in [1.82, 2.24) is 4.90 Å². The third-order valence-electron chi connectivity index (χ3n) is 2.90. The van der Waals surface area contributed by atoms with Gasteiger partial charge in [0.25, 0.3) is 0 Å². The van der Waals surface area contributed by atoms with Crippen molar-refractivity contribution in [3.63, 3.8) is 0 Å². The van der Waals surface area contributed by atoms with Crippen LogP contribution in [0.2, 0.25) is 0 Å². The van der Waals surface area contributed by atoms with Crippen molar-refractivity contribution in [3.8, 4) is 0 Å². The molecule has 0 saturated carbocycles. The lowest BCUT2D eigenvalue weighted by Gasteiger charge is -2.41. The van der Waals surface area contributed by atoms with Crippen LogP contribution < -0.4 is 0 Å². The van der Waals surface area contributed by atoms with Crippen molar-refractivity contribution in [2.75, 3.05) is 32.9 Å². The Hall–Kier alpha value is -0.610. The lowest BCUT2D eigenvalue weighted by atomic mass is 10.0. The number of ether oxygens (including phenoxy) is 2. The number of carbonyl (C=O) groups excluding carboxylic acids is 1. The number of carbonyl (C=O) groups is 1. The van der Waals surface area contributed by atoms with Crippen LogP contribution in [0.15, 0.2) is 0 Å². The van der Waals surface area contributed by atoms with Gasteiger partial charge in [0.15, 0.2) is 0 Å². The molecule has 1 aliphatic heterocycles. The van der Waals surface area contributed by atoms with Gasteiger partial charge in [-0.3, -0.25) is 9.69 Å². The molecule has 0 radical (unpaired) electrons. The number of rotatable bonds is 5. The molecule has 1 saturated heterocycles. The average Bonchev–Trinajstić information content (AvgIpc) is 2.21. The van der Waals surface area contributed by atoms with E-state index < -0.39 is 0 Å². The minimum Gasteiger partial charge on any atom is -0.465 e.